The molecule has 96 valence electrons. The van der Waals surface area contributed by atoms with Gasteiger partial charge in [-0.3, -0.25) is 0 Å². The van der Waals surface area contributed by atoms with Crippen molar-refractivity contribution < 1.29 is 13.2 Å². The first-order chi connectivity index (χ1) is 7.78. The molecule has 5 heteroatoms. The van der Waals surface area contributed by atoms with Gasteiger partial charge in [0.2, 0.25) is 0 Å². The minimum Gasteiger partial charge on any atom is -0.398 e. The molecule has 1 rings (SSSR count). The summed E-state index contributed by atoms with van der Waals surface area (Å²) in [6.07, 6.45) is 0.431. The van der Waals surface area contributed by atoms with Crippen molar-refractivity contribution in [1.82, 2.24) is 0 Å². The van der Waals surface area contributed by atoms with Crippen LogP contribution >= 0.6 is 0 Å². The van der Waals surface area contributed by atoms with E-state index in [9.17, 15) is 8.42 Å². The normalized spacial score (nSPS) is 12.6. The summed E-state index contributed by atoms with van der Waals surface area (Å²) >= 11 is 0. The molecule has 4 nitrogen and oxygen atoms in total. The molecule has 0 aromatic heterocycles. The van der Waals surface area contributed by atoms with E-state index in [-0.39, 0.29) is 10.6 Å². The fraction of sp³-hybridized carbons (Fsp3) is 0.500. The lowest BCUT2D eigenvalue weighted by Gasteiger charge is -2.22. The van der Waals surface area contributed by atoms with Crippen molar-refractivity contribution in [3.05, 3.63) is 24.3 Å². The van der Waals surface area contributed by atoms with Crippen molar-refractivity contribution in [2.45, 2.75) is 30.8 Å². The van der Waals surface area contributed by atoms with Gasteiger partial charge in [0.25, 0.3) is 0 Å². The average molecular weight is 257 g/mol. The van der Waals surface area contributed by atoms with Crippen LogP contribution < -0.4 is 5.73 Å². The molecule has 0 unspecified atom stereocenters. The first-order valence-electron chi connectivity index (χ1n) is 5.41. The van der Waals surface area contributed by atoms with Gasteiger partial charge in [0.1, 0.15) is 0 Å². The Hall–Kier alpha value is -1.07. The Morgan fingerprint density at radius 3 is 2.41 bits per heavy atom. The molecule has 0 fully saturated rings. The number of nitrogen functional groups attached to an aromatic ring is 1. The van der Waals surface area contributed by atoms with Crippen LogP contribution in [0, 0.1) is 0 Å². The van der Waals surface area contributed by atoms with Crippen molar-refractivity contribution in [2.24, 2.45) is 0 Å². The van der Waals surface area contributed by atoms with Crippen molar-refractivity contribution in [1.29, 1.82) is 0 Å². The predicted molar refractivity (Wildman–Crippen MR) is 68.6 cm³/mol. The Labute approximate surface area is 103 Å². The molecule has 1 aromatic rings. The second kappa shape index (κ2) is 5.06. The zero-order valence-electron chi connectivity index (χ0n) is 10.4. The molecule has 0 atom stereocenters. The SMILES string of the molecule is COC(C)(C)CCS(=O)(=O)c1ccccc1N. The molecule has 0 heterocycles. The van der Waals surface area contributed by atoms with Gasteiger partial charge in [0, 0.05) is 7.11 Å². The van der Waals surface area contributed by atoms with Crippen molar-refractivity contribution >= 4 is 15.5 Å². The number of anilines is 1. The van der Waals surface area contributed by atoms with E-state index < -0.39 is 15.4 Å². The first-order valence-corrected chi connectivity index (χ1v) is 7.06. The van der Waals surface area contributed by atoms with Crippen LogP contribution in [0.25, 0.3) is 0 Å². The number of benzene rings is 1. The van der Waals surface area contributed by atoms with E-state index in [0.717, 1.165) is 0 Å². The first kappa shape index (κ1) is 14.0. The number of hydrogen-bond acceptors (Lipinski definition) is 4. The summed E-state index contributed by atoms with van der Waals surface area (Å²) in [7, 11) is -1.77. The smallest absolute Gasteiger partial charge is 0.180 e. The Morgan fingerprint density at radius 1 is 1.29 bits per heavy atom. The Bertz CT molecular complexity index is 480. The van der Waals surface area contributed by atoms with E-state index in [1.807, 2.05) is 13.8 Å². The molecule has 0 aliphatic rings. The number of sulfone groups is 1. The van der Waals surface area contributed by atoms with Gasteiger partial charge < -0.3 is 10.5 Å². The van der Waals surface area contributed by atoms with E-state index >= 15 is 0 Å². The molecule has 1 aromatic carbocycles. The minimum atomic E-state index is -3.34. The molecule has 17 heavy (non-hydrogen) atoms. The molecule has 0 amide bonds. The molecule has 2 N–H and O–H groups in total. The van der Waals surface area contributed by atoms with E-state index in [1.54, 1.807) is 25.3 Å². The van der Waals surface area contributed by atoms with Gasteiger partial charge in [-0.1, -0.05) is 12.1 Å². The van der Waals surface area contributed by atoms with Crippen LogP contribution in [0.2, 0.25) is 0 Å². The highest BCUT2D eigenvalue weighted by Crippen LogP contribution is 2.22. The molecule has 0 saturated carbocycles. The maximum Gasteiger partial charge on any atom is 0.180 e. The highest BCUT2D eigenvalue weighted by Gasteiger charge is 2.23. The fourth-order valence-corrected chi connectivity index (χ4v) is 3.05. The molecular weight excluding hydrogens is 238 g/mol. The Morgan fingerprint density at radius 2 is 1.88 bits per heavy atom. The van der Waals surface area contributed by atoms with Crippen LogP contribution in [0.5, 0.6) is 0 Å². The second-order valence-corrected chi connectivity index (χ2v) is 6.65. The summed E-state index contributed by atoms with van der Waals surface area (Å²) in [4.78, 5) is 0.201. The third-order valence-electron chi connectivity index (χ3n) is 2.78. The lowest BCUT2D eigenvalue weighted by Crippen LogP contribution is -2.26. The number of hydrogen-bond donors (Lipinski definition) is 1. The highest BCUT2D eigenvalue weighted by molar-refractivity contribution is 7.91. The monoisotopic (exact) mass is 257 g/mol. The topological polar surface area (TPSA) is 69.4 Å². The number of rotatable bonds is 5. The maximum absolute atomic E-state index is 12.1. The number of methoxy groups -OCH3 is 1. The summed E-state index contributed by atoms with van der Waals surface area (Å²) in [5.41, 5.74) is 5.51. The van der Waals surface area contributed by atoms with Gasteiger partial charge in [-0.05, 0) is 32.4 Å². The lowest BCUT2D eigenvalue weighted by atomic mass is 10.1. The van der Waals surface area contributed by atoms with Gasteiger partial charge in [-0.15, -0.1) is 0 Å². The van der Waals surface area contributed by atoms with E-state index in [2.05, 4.69) is 0 Å². The number of ether oxygens (including phenoxy) is 1. The van der Waals surface area contributed by atoms with Crippen LogP contribution in [0.15, 0.2) is 29.2 Å². The zero-order chi connectivity index (χ0) is 13.1. The van der Waals surface area contributed by atoms with Crippen LogP contribution in [-0.4, -0.2) is 26.9 Å². The predicted octanol–water partition coefficient (Wildman–Crippen LogP) is 1.86. The molecule has 0 radical (unpaired) electrons. The van der Waals surface area contributed by atoms with Crippen molar-refractivity contribution in [2.75, 3.05) is 18.6 Å². The quantitative estimate of drug-likeness (QED) is 0.817. The van der Waals surface area contributed by atoms with Crippen LogP contribution in [-0.2, 0) is 14.6 Å². The highest BCUT2D eigenvalue weighted by atomic mass is 32.2. The molecule has 0 aliphatic heterocycles. The van der Waals surface area contributed by atoms with Gasteiger partial charge in [0.15, 0.2) is 9.84 Å². The van der Waals surface area contributed by atoms with Crippen LogP contribution in [0.4, 0.5) is 5.69 Å². The van der Waals surface area contributed by atoms with Crippen LogP contribution in [0.1, 0.15) is 20.3 Å². The van der Waals surface area contributed by atoms with E-state index in [0.29, 0.717) is 12.1 Å². The summed E-state index contributed by atoms with van der Waals surface area (Å²) in [6.45, 7) is 3.72. The molecule has 0 bridgehead atoms. The van der Waals surface area contributed by atoms with Gasteiger partial charge in [-0.25, -0.2) is 8.42 Å². The third kappa shape index (κ3) is 3.71. The van der Waals surface area contributed by atoms with Crippen molar-refractivity contribution in [3.8, 4) is 0 Å². The Balaban J connectivity index is 2.88. The number of para-hydroxylation sites is 1. The largest absolute Gasteiger partial charge is 0.398 e. The third-order valence-corrected chi connectivity index (χ3v) is 4.56. The molecule has 0 spiro atoms. The maximum atomic E-state index is 12.1. The van der Waals surface area contributed by atoms with Crippen molar-refractivity contribution in [3.63, 3.8) is 0 Å². The fourth-order valence-electron chi connectivity index (χ4n) is 1.36. The van der Waals surface area contributed by atoms with Gasteiger partial charge >= 0.3 is 0 Å². The Kier molecular flexibility index (Phi) is 4.16. The number of nitrogens with two attached hydrogens (primary N) is 1. The average Bonchev–Trinajstić information content (AvgIpc) is 2.27. The minimum absolute atomic E-state index is 0.0298. The summed E-state index contributed by atoms with van der Waals surface area (Å²) in [5, 5.41) is 0. The summed E-state index contributed by atoms with van der Waals surface area (Å²) in [6, 6.07) is 6.51. The molecule has 0 aliphatic carbocycles. The molecular formula is C12H19NO3S. The van der Waals surface area contributed by atoms with E-state index in [1.165, 1.54) is 6.07 Å². The molecule has 0 saturated heterocycles. The standard InChI is InChI=1S/C12H19NO3S/c1-12(2,16-3)8-9-17(14,15)11-7-5-4-6-10(11)13/h4-7H,8-9,13H2,1-3H3. The van der Waals surface area contributed by atoms with E-state index in [4.69, 9.17) is 10.5 Å². The van der Waals surface area contributed by atoms with Crippen LogP contribution in [0.3, 0.4) is 0 Å². The summed E-state index contributed by atoms with van der Waals surface area (Å²) in [5.74, 6) is 0.0298. The second-order valence-electron chi connectivity index (χ2n) is 4.57. The summed E-state index contributed by atoms with van der Waals surface area (Å²) < 4.78 is 29.4. The zero-order valence-corrected chi connectivity index (χ0v) is 11.3. The van der Waals surface area contributed by atoms with Gasteiger partial charge in [-0.2, -0.15) is 0 Å². The lowest BCUT2D eigenvalue weighted by molar-refractivity contribution is 0.0203. The van der Waals surface area contributed by atoms with Gasteiger partial charge in [0.05, 0.1) is 21.9 Å².